The van der Waals surface area contributed by atoms with Crippen LogP contribution in [0.3, 0.4) is 0 Å². The molecule has 1 aliphatic rings. The normalized spacial score (nSPS) is 13.3. The minimum atomic E-state index is -1.06. The van der Waals surface area contributed by atoms with Gasteiger partial charge in [-0.3, -0.25) is 10.2 Å². The van der Waals surface area contributed by atoms with Crippen LogP contribution in [0.25, 0.3) is 0 Å². The number of rotatable bonds is 12. The van der Waals surface area contributed by atoms with Crippen molar-refractivity contribution >= 4 is 35.7 Å². The first-order valence-electron chi connectivity index (χ1n) is 13.5. The maximum Gasteiger partial charge on any atom is 0.344 e. The minimum Gasteiger partial charge on any atom is -0.490 e. The molecule has 11 heteroatoms. The summed E-state index contributed by atoms with van der Waals surface area (Å²) in [4.78, 5) is 28.7. The molecular formula is C30H41ClFN3O6. The van der Waals surface area contributed by atoms with Crippen LogP contribution in [0.2, 0.25) is 0 Å². The number of ether oxygens (including phenoxy) is 3. The number of ketones is 1. The number of carbonyl (C=O) groups is 2. The lowest BCUT2D eigenvalue weighted by molar-refractivity contribution is -0.145. The first-order chi connectivity index (χ1) is 18.7. The van der Waals surface area contributed by atoms with Crippen LogP contribution in [0.1, 0.15) is 75.0 Å². The fourth-order valence-electron chi connectivity index (χ4n) is 4.66. The van der Waals surface area contributed by atoms with Crippen LogP contribution in [0, 0.1) is 11.2 Å². The largest absolute Gasteiger partial charge is 0.490 e. The smallest absolute Gasteiger partial charge is 0.344 e. The second-order valence-corrected chi connectivity index (χ2v) is 10.9. The Balaban J connectivity index is 0.00000588. The summed E-state index contributed by atoms with van der Waals surface area (Å²) in [5.41, 5.74) is 1.83. The fourth-order valence-corrected chi connectivity index (χ4v) is 4.66. The monoisotopic (exact) mass is 593 g/mol. The van der Waals surface area contributed by atoms with Gasteiger partial charge in [0, 0.05) is 31.8 Å². The molecule has 0 saturated heterocycles. The van der Waals surface area contributed by atoms with Crippen molar-refractivity contribution in [2.24, 2.45) is 0 Å². The number of fused-ring (bicyclic) bond motifs is 1. The molecule has 0 amide bonds. The van der Waals surface area contributed by atoms with Gasteiger partial charge in [0.1, 0.15) is 11.6 Å². The van der Waals surface area contributed by atoms with E-state index in [1.807, 2.05) is 20.8 Å². The maximum absolute atomic E-state index is 15.5. The van der Waals surface area contributed by atoms with Crippen LogP contribution in [0.5, 0.6) is 17.2 Å². The Labute approximate surface area is 247 Å². The van der Waals surface area contributed by atoms with Gasteiger partial charge in [-0.15, -0.1) is 12.4 Å². The van der Waals surface area contributed by atoms with Gasteiger partial charge in [0.15, 0.2) is 29.2 Å². The van der Waals surface area contributed by atoms with Gasteiger partial charge in [-0.25, -0.2) is 9.18 Å². The maximum atomic E-state index is 15.5. The molecule has 0 fully saturated rings. The van der Waals surface area contributed by atoms with Crippen LogP contribution in [-0.4, -0.2) is 67.6 Å². The number of hydrogen-bond acceptors (Lipinski definition) is 7. The van der Waals surface area contributed by atoms with Gasteiger partial charge in [-0.1, -0.05) is 27.7 Å². The number of amidine groups is 1. The highest BCUT2D eigenvalue weighted by atomic mass is 35.5. The molecule has 226 valence electrons. The van der Waals surface area contributed by atoms with E-state index in [-0.39, 0.29) is 67.2 Å². The molecule has 41 heavy (non-hydrogen) atoms. The number of aliphatic carboxylic acids is 1. The minimum absolute atomic E-state index is 0. The Morgan fingerprint density at radius 1 is 1.10 bits per heavy atom. The summed E-state index contributed by atoms with van der Waals surface area (Å²) in [6.07, 6.45) is -0.764. The van der Waals surface area contributed by atoms with Crippen molar-refractivity contribution in [3.63, 3.8) is 0 Å². The second kappa shape index (κ2) is 13.4. The van der Waals surface area contributed by atoms with E-state index in [1.54, 1.807) is 58.0 Å². The van der Waals surface area contributed by atoms with Crippen molar-refractivity contribution in [3.05, 3.63) is 46.3 Å². The van der Waals surface area contributed by atoms with E-state index in [4.69, 9.17) is 19.6 Å². The van der Waals surface area contributed by atoms with Crippen LogP contribution in [-0.2, 0) is 16.8 Å². The molecule has 1 heterocycles. The van der Waals surface area contributed by atoms with Crippen molar-refractivity contribution in [1.29, 1.82) is 5.41 Å². The van der Waals surface area contributed by atoms with Crippen LogP contribution in [0.15, 0.2) is 18.2 Å². The van der Waals surface area contributed by atoms with Gasteiger partial charge < -0.3 is 29.1 Å². The number of hydrogen-bond donors (Lipinski definition) is 2. The third-order valence-corrected chi connectivity index (χ3v) is 6.69. The predicted molar refractivity (Wildman–Crippen MR) is 159 cm³/mol. The summed E-state index contributed by atoms with van der Waals surface area (Å²) in [6, 6.07) is 5.08. The average Bonchev–Trinajstić information content (AvgIpc) is 3.18. The van der Waals surface area contributed by atoms with Crippen LogP contribution < -0.4 is 19.1 Å². The number of nitrogens with one attached hydrogen (secondary N) is 1. The number of carboxylic acids is 1. The highest BCUT2D eigenvalue weighted by Crippen LogP contribution is 2.42. The van der Waals surface area contributed by atoms with E-state index in [9.17, 15) is 14.7 Å². The lowest BCUT2D eigenvalue weighted by Gasteiger charge is -2.29. The topological polar surface area (TPSA) is 112 Å². The zero-order valence-electron chi connectivity index (χ0n) is 25.0. The Morgan fingerprint density at radius 3 is 2.24 bits per heavy atom. The summed E-state index contributed by atoms with van der Waals surface area (Å²) < 4.78 is 32.6. The first-order valence-corrected chi connectivity index (χ1v) is 13.5. The van der Waals surface area contributed by atoms with E-state index in [1.165, 1.54) is 4.90 Å². The third kappa shape index (κ3) is 7.04. The molecule has 0 bridgehead atoms. The van der Waals surface area contributed by atoms with Crippen molar-refractivity contribution in [2.75, 3.05) is 38.8 Å². The van der Waals surface area contributed by atoms with E-state index in [0.29, 0.717) is 34.7 Å². The Kier molecular flexibility index (Phi) is 11.0. The zero-order chi connectivity index (χ0) is 29.9. The number of halogens is 2. The standard InChI is InChI=1S/C30H40FN3O6.ClH/c1-9-22(29(36)37)40-26-19(30(4,5)6)12-17(13-20(26)33(7)8)21(35)16-34-15-18-14-23(38-10-2)27(39-11-3)25(31)24(18)28(34)32;/h12-14,22,32H,9-11,15-16H2,1-8H3,(H,36,37);1H. The zero-order valence-corrected chi connectivity index (χ0v) is 25.8. The second-order valence-electron chi connectivity index (χ2n) is 10.9. The molecule has 2 N–H and O–H groups in total. The molecule has 1 atom stereocenters. The van der Waals surface area contributed by atoms with E-state index >= 15 is 4.39 Å². The Morgan fingerprint density at radius 2 is 1.73 bits per heavy atom. The molecular weight excluding hydrogens is 553 g/mol. The Bertz CT molecular complexity index is 1310. The van der Waals surface area contributed by atoms with Gasteiger partial charge in [0.05, 0.1) is 31.0 Å². The molecule has 2 aromatic carbocycles. The number of carbonyl (C=O) groups excluding carboxylic acids is 1. The summed E-state index contributed by atoms with van der Waals surface area (Å²) in [5.74, 6) is -1.44. The number of nitrogens with zero attached hydrogens (tertiary/aromatic N) is 2. The fraction of sp³-hybridized carbons (Fsp3) is 0.500. The lowest BCUT2D eigenvalue weighted by Crippen LogP contribution is -2.31. The SMILES string of the molecule is CCOc1cc2c(c(F)c1OCC)C(=N)N(CC(=O)c1cc(N(C)C)c(OC(CC)C(=O)O)c(C(C)(C)C)c1)C2.Cl. The third-order valence-electron chi connectivity index (χ3n) is 6.69. The quantitative estimate of drug-likeness (QED) is 0.303. The van der Waals surface area contributed by atoms with Crippen molar-refractivity contribution in [1.82, 2.24) is 4.90 Å². The highest BCUT2D eigenvalue weighted by Gasteiger charge is 2.34. The summed E-state index contributed by atoms with van der Waals surface area (Å²) in [5, 5.41) is 18.3. The Hall–Kier alpha value is -3.53. The van der Waals surface area contributed by atoms with Crippen molar-refractivity contribution in [3.8, 4) is 17.2 Å². The number of Topliss-reactive ketones (excluding diaryl/α,β-unsaturated/α-hetero) is 1. The van der Waals surface area contributed by atoms with E-state index in [0.717, 1.165) is 0 Å². The van der Waals surface area contributed by atoms with Gasteiger partial charge in [-0.05, 0) is 49.4 Å². The molecule has 0 radical (unpaired) electrons. The van der Waals surface area contributed by atoms with E-state index in [2.05, 4.69) is 0 Å². The number of benzene rings is 2. The van der Waals surface area contributed by atoms with Crippen molar-refractivity contribution < 1.29 is 33.3 Å². The van der Waals surface area contributed by atoms with Crippen LogP contribution in [0.4, 0.5) is 10.1 Å². The molecule has 0 spiro atoms. The van der Waals surface area contributed by atoms with E-state index < -0.39 is 23.3 Å². The molecule has 0 aromatic heterocycles. The molecule has 0 aliphatic carbocycles. The van der Waals surface area contributed by atoms with Gasteiger partial charge in [0.25, 0.3) is 0 Å². The lowest BCUT2D eigenvalue weighted by atomic mass is 9.84. The average molecular weight is 594 g/mol. The van der Waals surface area contributed by atoms with Gasteiger partial charge in [0.2, 0.25) is 0 Å². The highest BCUT2D eigenvalue weighted by molar-refractivity contribution is 6.06. The van der Waals surface area contributed by atoms with Gasteiger partial charge in [-0.2, -0.15) is 0 Å². The number of carboxylic acid groups (broad SMARTS) is 1. The molecule has 2 aromatic rings. The summed E-state index contributed by atoms with van der Waals surface area (Å²) in [7, 11) is 3.60. The molecule has 9 nitrogen and oxygen atoms in total. The number of anilines is 1. The molecule has 1 unspecified atom stereocenters. The molecule has 1 aliphatic heterocycles. The summed E-state index contributed by atoms with van der Waals surface area (Å²) >= 11 is 0. The molecule has 3 rings (SSSR count). The predicted octanol–water partition coefficient (Wildman–Crippen LogP) is 5.67. The van der Waals surface area contributed by atoms with Crippen LogP contribution >= 0.6 is 12.4 Å². The first kappa shape index (κ1) is 33.7. The van der Waals surface area contributed by atoms with Crippen molar-refractivity contribution in [2.45, 2.75) is 66.0 Å². The van der Waals surface area contributed by atoms with Gasteiger partial charge >= 0.3 is 5.97 Å². The summed E-state index contributed by atoms with van der Waals surface area (Å²) in [6.45, 7) is 11.8. The molecule has 0 saturated carbocycles.